The highest BCUT2D eigenvalue weighted by atomic mass is 35.5. The highest BCUT2D eigenvalue weighted by molar-refractivity contribution is 6.31. The number of halogens is 2. The third kappa shape index (κ3) is 4.58. The SMILES string of the molecule is COc1cc(/C=C2/C(=O)NN(c3ccc(F)cc3)C2=O)ccc1OCc1ccc(Cl)cc1. The predicted molar refractivity (Wildman–Crippen MR) is 119 cm³/mol. The first-order valence-corrected chi connectivity index (χ1v) is 10.0. The lowest BCUT2D eigenvalue weighted by atomic mass is 10.1. The number of nitrogens with zero attached hydrogens (tertiary/aromatic N) is 1. The molecule has 0 saturated carbocycles. The van der Waals surface area contributed by atoms with Gasteiger partial charge in [-0.25, -0.2) is 9.40 Å². The number of methoxy groups -OCH3 is 1. The Morgan fingerprint density at radius 2 is 1.72 bits per heavy atom. The summed E-state index contributed by atoms with van der Waals surface area (Å²) in [5.74, 6) is -0.563. The van der Waals surface area contributed by atoms with Crippen LogP contribution in [0.25, 0.3) is 6.08 Å². The third-order valence-corrected chi connectivity index (χ3v) is 5.03. The molecule has 0 radical (unpaired) electrons. The lowest BCUT2D eigenvalue weighted by molar-refractivity contribution is -0.117. The first-order chi connectivity index (χ1) is 15.4. The second kappa shape index (κ2) is 9.11. The lowest BCUT2D eigenvalue weighted by Gasteiger charge is -2.14. The standard InChI is InChI=1S/C24H18ClFN2O4/c1-31-22-13-16(4-11-21(22)32-14-15-2-5-17(25)6-3-15)12-20-23(29)27-28(24(20)30)19-9-7-18(26)8-10-19/h2-13H,14H2,1H3,(H,27,29)/b20-12-. The van der Waals surface area contributed by atoms with Crippen LogP contribution in [0, 0.1) is 5.82 Å². The van der Waals surface area contributed by atoms with E-state index in [4.69, 9.17) is 21.1 Å². The van der Waals surface area contributed by atoms with Crippen LogP contribution in [0.15, 0.2) is 72.3 Å². The van der Waals surface area contributed by atoms with Gasteiger partial charge in [0, 0.05) is 5.02 Å². The van der Waals surface area contributed by atoms with Gasteiger partial charge in [0.25, 0.3) is 11.8 Å². The number of ether oxygens (including phenoxy) is 2. The van der Waals surface area contributed by atoms with Crippen LogP contribution in [0.3, 0.4) is 0 Å². The Morgan fingerprint density at radius 1 is 1.00 bits per heavy atom. The van der Waals surface area contributed by atoms with E-state index in [1.54, 1.807) is 30.3 Å². The Hall–Kier alpha value is -3.84. The molecule has 0 aliphatic carbocycles. The second-order valence-corrected chi connectivity index (χ2v) is 7.38. The number of anilines is 1. The number of carbonyl (C=O) groups is 2. The summed E-state index contributed by atoms with van der Waals surface area (Å²) in [6, 6.07) is 17.6. The van der Waals surface area contributed by atoms with Gasteiger partial charge in [-0.05, 0) is 65.7 Å². The summed E-state index contributed by atoms with van der Waals surface area (Å²) >= 11 is 5.90. The van der Waals surface area contributed by atoms with E-state index in [0.29, 0.717) is 34.4 Å². The maximum Gasteiger partial charge on any atom is 0.282 e. The fourth-order valence-corrected chi connectivity index (χ4v) is 3.26. The molecule has 2 amide bonds. The Morgan fingerprint density at radius 3 is 2.41 bits per heavy atom. The lowest BCUT2D eigenvalue weighted by Crippen LogP contribution is -2.35. The largest absolute Gasteiger partial charge is 0.493 e. The van der Waals surface area contributed by atoms with Gasteiger partial charge in [-0.15, -0.1) is 0 Å². The van der Waals surface area contributed by atoms with Crippen LogP contribution >= 0.6 is 11.6 Å². The van der Waals surface area contributed by atoms with Crippen molar-refractivity contribution >= 4 is 35.2 Å². The Bertz CT molecular complexity index is 1190. The summed E-state index contributed by atoms with van der Waals surface area (Å²) in [6.07, 6.45) is 1.46. The average Bonchev–Trinajstić information content (AvgIpc) is 3.08. The summed E-state index contributed by atoms with van der Waals surface area (Å²) in [5.41, 5.74) is 4.31. The van der Waals surface area contributed by atoms with E-state index >= 15 is 0 Å². The fourth-order valence-electron chi connectivity index (χ4n) is 3.13. The zero-order valence-corrected chi connectivity index (χ0v) is 17.7. The molecule has 0 bridgehead atoms. The van der Waals surface area contributed by atoms with Gasteiger partial charge in [-0.3, -0.25) is 15.0 Å². The first-order valence-electron chi connectivity index (χ1n) is 9.62. The van der Waals surface area contributed by atoms with Crippen molar-refractivity contribution in [3.63, 3.8) is 0 Å². The van der Waals surface area contributed by atoms with E-state index in [1.165, 1.54) is 37.5 Å². The van der Waals surface area contributed by atoms with Crippen LogP contribution in [-0.4, -0.2) is 18.9 Å². The molecule has 6 nitrogen and oxygen atoms in total. The molecule has 3 aromatic rings. The number of carbonyl (C=O) groups excluding carboxylic acids is 2. The number of amides is 2. The summed E-state index contributed by atoms with van der Waals surface area (Å²) in [7, 11) is 1.51. The van der Waals surface area contributed by atoms with Crippen molar-refractivity contribution in [2.45, 2.75) is 6.61 Å². The van der Waals surface area contributed by atoms with Gasteiger partial charge >= 0.3 is 0 Å². The van der Waals surface area contributed by atoms with E-state index in [2.05, 4.69) is 5.43 Å². The van der Waals surface area contributed by atoms with Crippen LogP contribution in [-0.2, 0) is 16.2 Å². The first kappa shape index (κ1) is 21.4. The monoisotopic (exact) mass is 452 g/mol. The number of hydrogen-bond donors (Lipinski definition) is 1. The highest BCUT2D eigenvalue weighted by Gasteiger charge is 2.34. The summed E-state index contributed by atoms with van der Waals surface area (Å²) in [6.45, 7) is 0.321. The quantitative estimate of drug-likeness (QED) is 0.441. The van der Waals surface area contributed by atoms with Gasteiger partial charge in [-0.2, -0.15) is 0 Å². The van der Waals surface area contributed by atoms with Crippen molar-refractivity contribution in [2.75, 3.05) is 12.1 Å². The molecule has 1 saturated heterocycles. The summed E-state index contributed by atoms with van der Waals surface area (Å²) in [4.78, 5) is 25.1. The molecule has 162 valence electrons. The minimum absolute atomic E-state index is 0.0498. The molecule has 8 heteroatoms. The van der Waals surface area contributed by atoms with Crippen LogP contribution in [0.2, 0.25) is 5.02 Å². The van der Waals surface area contributed by atoms with Crippen molar-refractivity contribution in [3.05, 3.63) is 94.3 Å². The van der Waals surface area contributed by atoms with Crippen LogP contribution < -0.4 is 19.9 Å². The van der Waals surface area contributed by atoms with Gasteiger partial charge < -0.3 is 9.47 Å². The topological polar surface area (TPSA) is 67.9 Å². The zero-order chi connectivity index (χ0) is 22.7. The highest BCUT2D eigenvalue weighted by Crippen LogP contribution is 2.30. The normalized spacial score (nSPS) is 14.6. The number of nitrogens with one attached hydrogen (secondary N) is 1. The second-order valence-electron chi connectivity index (χ2n) is 6.94. The van der Waals surface area contributed by atoms with E-state index in [-0.39, 0.29) is 5.57 Å². The molecule has 1 fully saturated rings. The number of hydrogen-bond acceptors (Lipinski definition) is 4. The molecular weight excluding hydrogens is 435 g/mol. The zero-order valence-electron chi connectivity index (χ0n) is 17.0. The van der Waals surface area contributed by atoms with Gasteiger partial charge in [0.15, 0.2) is 11.5 Å². The van der Waals surface area contributed by atoms with Gasteiger partial charge in [0.05, 0.1) is 12.8 Å². The molecule has 1 aliphatic rings. The minimum atomic E-state index is -0.554. The summed E-state index contributed by atoms with van der Waals surface area (Å²) in [5, 5.41) is 1.72. The van der Waals surface area contributed by atoms with Crippen molar-refractivity contribution < 1.29 is 23.5 Å². The van der Waals surface area contributed by atoms with Crippen molar-refractivity contribution in [1.82, 2.24) is 5.43 Å². The molecule has 0 unspecified atom stereocenters. The minimum Gasteiger partial charge on any atom is -0.493 e. The van der Waals surface area contributed by atoms with E-state index in [1.807, 2.05) is 12.1 Å². The third-order valence-electron chi connectivity index (χ3n) is 4.78. The molecule has 1 aliphatic heterocycles. The Labute approximate surface area is 188 Å². The molecule has 4 rings (SSSR count). The number of hydrazine groups is 1. The Kier molecular flexibility index (Phi) is 6.09. The van der Waals surface area contributed by atoms with Crippen molar-refractivity contribution in [2.24, 2.45) is 0 Å². The molecule has 32 heavy (non-hydrogen) atoms. The van der Waals surface area contributed by atoms with Crippen molar-refractivity contribution in [3.8, 4) is 11.5 Å². The van der Waals surface area contributed by atoms with Crippen molar-refractivity contribution in [1.29, 1.82) is 0 Å². The Balaban J connectivity index is 1.53. The summed E-state index contributed by atoms with van der Waals surface area (Å²) < 4.78 is 24.4. The predicted octanol–water partition coefficient (Wildman–Crippen LogP) is 4.53. The number of benzene rings is 3. The van der Waals surface area contributed by atoms with Gasteiger partial charge in [-0.1, -0.05) is 29.8 Å². The van der Waals surface area contributed by atoms with E-state index < -0.39 is 17.6 Å². The smallest absolute Gasteiger partial charge is 0.282 e. The fraction of sp³-hybridized carbons (Fsp3) is 0.0833. The van der Waals surface area contributed by atoms with E-state index in [0.717, 1.165) is 10.6 Å². The molecule has 1 heterocycles. The maximum atomic E-state index is 13.2. The molecule has 0 spiro atoms. The molecule has 0 aromatic heterocycles. The average molecular weight is 453 g/mol. The maximum absolute atomic E-state index is 13.2. The molecule has 3 aromatic carbocycles. The molecular formula is C24H18ClFN2O4. The van der Waals surface area contributed by atoms with E-state index in [9.17, 15) is 14.0 Å². The van der Waals surface area contributed by atoms with Crippen LogP contribution in [0.5, 0.6) is 11.5 Å². The van der Waals surface area contributed by atoms with Crippen LogP contribution in [0.4, 0.5) is 10.1 Å². The van der Waals surface area contributed by atoms with Gasteiger partial charge in [0.2, 0.25) is 0 Å². The molecule has 0 atom stereocenters. The molecule has 1 N–H and O–H groups in total. The number of rotatable bonds is 6. The van der Waals surface area contributed by atoms with Crippen LogP contribution in [0.1, 0.15) is 11.1 Å². The van der Waals surface area contributed by atoms with Gasteiger partial charge in [0.1, 0.15) is 18.0 Å².